The Balaban J connectivity index is 2.02. The number of nitrogen functional groups attached to an aromatic ring is 1. The minimum atomic E-state index is -0.269. The van der Waals surface area contributed by atoms with Crippen molar-refractivity contribution in [3.63, 3.8) is 0 Å². The lowest BCUT2D eigenvalue weighted by atomic mass is 10.1. The average molecular weight is 243 g/mol. The van der Waals surface area contributed by atoms with Gasteiger partial charge >= 0.3 is 0 Å². The van der Waals surface area contributed by atoms with E-state index < -0.39 is 0 Å². The van der Waals surface area contributed by atoms with Crippen LogP contribution in [-0.2, 0) is 6.54 Å². The summed E-state index contributed by atoms with van der Waals surface area (Å²) in [6.45, 7) is 0.387. The van der Waals surface area contributed by atoms with Gasteiger partial charge < -0.3 is 16.2 Å². The number of anilines is 1. The predicted octanol–water partition coefficient (Wildman–Crippen LogP) is 1.30. The van der Waals surface area contributed by atoms with Crippen molar-refractivity contribution in [3.05, 3.63) is 53.9 Å². The maximum atomic E-state index is 11.8. The molecule has 0 aliphatic heterocycles. The quantitative estimate of drug-likeness (QED) is 0.560. The Kier molecular flexibility index (Phi) is 3.43. The summed E-state index contributed by atoms with van der Waals surface area (Å²) in [6, 6.07) is 8.07. The first-order chi connectivity index (χ1) is 8.66. The lowest BCUT2D eigenvalue weighted by Crippen LogP contribution is -2.22. The number of carbonyl (C=O) groups is 1. The molecule has 0 bridgehead atoms. The summed E-state index contributed by atoms with van der Waals surface area (Å²) in [5, 5.41) is 12.2. The lowest BCUT2D eigenvalue weighted by Gasteiger charge is -2.06. The maximum absolute atomic E-state index is 11.8. The summed E-state index contributed by atoms with van der Waals surface area (Å²) in [5.74, 6) is -0.363. The fraction of sp³-hybridized carbons (Fsp3) is 0.0769. The molecule has 2 rings (SSSR count). The van der Waals surface area contributed by atoms with Gasteiger partial charge in [0.05, 0.1) is 5.69 Å². The zero-order valence-corrected chi connectivity index (χ0v) is 9.63. The molecule has 5 nitrogen and oxygen atoms in total. The topological polar surface area (TPSA) is 88.2 Å². The molecule has 0 saturated heterocycles. The van der Waals surface area contributed by atoms with Crippen molar-refractivity contribution in [2.24, 2.45) is 0 Å². The Morgan fingerprint density at radius 1 is 1.39 bits per heavy atom. The van der Waals surface area contributed by atoms with Crippen molar-refractivity contribution in [1.29, 1.82) is 0 Å². The molecule has 1 aromatic carbocycles. The number of hydrogen-bond acceptors (Lipinski definition) is 4. The van der Waals surface area contributed by atoms with E-state index >= 15 is 0 Å². The van der Waals surface area contributed by atoms with E-state index in [0.717, 1.165) is 5.56 Å². The molecule has 18 heavy (non-hydrogen) atoms. The molecule has 0 unspecified atom stereocenters. The van der Waals surface area contributed by atoms with Crippen LogP contribution in [0.2, 0.25) is 0 Å². The van der Waals surface area contributed by atoms with Gasteiger partial charge in [-0.25, -0.2) is 0 Å². The number of nitrogens with zero attached hydrogens (tertiary/aromatic N) is 1. The van der Waals surface area contributed by atoms with Crippen LogP contribution in [0.3, 0.4) is 0 Å². The number of benzene rings is 1. The van der Waals surface area contributed by atoms with Gasteiger partial charge in [-0.3, -0.25) is 9.78 Å². The first-order valence-electron chi connectivity index (χ1n) is 5.42. The van der Waals surface area contributed by atoms with Crippen LogP contribution in [0.1, 0.15) is 15.9 Å². The molecule has 1 amide bonds. The van der Waals surface area contributed by atoms with E-state index in [0.29, 0.717) is 12.1 Å². The molecule has 0 fully saturated rings. The molecule has 0 aliphatic rings. The van der Waals surface area contributed by atoms with Crippen LogP contribution in [0, 0.1) is 0 Å². The molecular formula is C13H13N3O2. The van der Waals surface area contributed by atoms with Gasteiger partial charge in [0.25, 0.3) is 5.91 Å². The Hall–Kier alpha value is -2.56. The van der Waals surface area contributed by atoms with Gasteiger partial charge in [-0.05, 0) is 29.8 Å². The number of nitrogens with one attached hydrogen (secondary N) is 1. The fourth-order valence-electron chi connectivity index (χ4n) is 1.47. The number of amides is 1. The zero-order valence-electron chi connectivity index (χ0n) is 9.63. The van der Waals surface area contributed by atoms with Crippen LogP contribution in [0.4, 0.5) is 5.69 Å². The van der Waals surface area contributed by atoms with Crippen LogP contribution in [0.5, 0.6) is 5.75 Å². The third kappa shape index (κ3) is 2.76. The molecule has 1 heterocycles. The number of pyridine rings is 1. The van der Waals surface area contributed by atoms with Crippen molar-refractivity contribution in [1.82, 2.24) is 10.3 Å². The van der Waals surface area contributed by atoms with Crippen molar-refractivity contribution < 1.29 is 9.90 Å². The van der Waals surface area contributed by atoms with E-state index in [1.807, 2.05) is 6.07 Å². The summed E-state index contributed by atoms with van der Waals surface area (Å²) in [4.78, 5) is 15.8. The average Bonchev–Trinajstić information content (AvgIpc) is 2.40. The summed E-state index contributed by atoms with van der Waals surface area (Å²) >= 11 is 0. The second-order valence-corrected chi connectivity index (χ2v) is 3.82. The van der Waals surface area contributed by atoms with Gasteiger partial charge in [0, 0.05) is 24.5 Å². The van der Waals surface area contributed by atoms with Gasteiger partial charge in [-0.15, -0.1) is 0 Å². The van der Waals surface area contributed by atoms with Crippen LogP contribution in [0.15, 0.2) is 42.7 Å². The Bertz CT molecular complexity index is 555. The number of aromatic nitrogens is 1. The van der Waals surface area contributed by atoms with Crippen LogP contribution in [0.25, 0.3) is 0 Å². The molecule has 92 valence electrons. The van der Waals surface area contributed by atoms with Crippen LogP contribution in [-0.4, -0.2) is 16.0 Å². The van der Waals surface area contributed by atoms with Gasteiger partial charge in [0.2, 0.25) is 0 Å². The third-order valence-corrected chi connectivity index (χ3v) is 2.47. The normalized spacial score (nSPS) is 10.0. The largest absolute Gasteiger partial charge is 0.506 e. The Morgan fingerprint density at radius 2 is 2.22 bits per heavy atom. The third-order valence-electron chi connectivity index (χ3n) is 2.47. The van der Waals surface area contributed by atoms with Crippen LogP contribution < -0.4 is 11.1 Å². The second-order valence-electron chi connectivity index (χ2n) is 3.82. The Labute approximate surface area is 104 Å². The number of phenolic OH excluding ortho intramolecular Hbond substituents is 1. The molecule has 5 heteroatoms. The van der Waals surface area contributed by atoms with Crippen molar-refractivity contribution in [2.75, 3.05) is 5.73 Å². The Morgan fingerprint density at radius 3 is 2.89 bits per heavy atom. The second kappa shape index (κ2) is 5.18. The molecule has 0 saturated carbocycles. The van der Waals surface area contributed by atoms with Crippen LogP contribution >= 0.6 is 0 Å². The van der Waals surface area contributed by atoms with E-state index in [1.165, 1.54) is 12.1 Å². The van der Waals surface area contributed by atoms with E-state index in [2.05, 4.69) is 10.3 Å². The fourth-order valence-corrected chi connectivity index (χ4v) is 1.47. The molecule has 0 spiro atoms. The summed E-state index contributed by atoms with van der Waals surface area (Å²) in [6.07, 6.45) is 3.35. The summed E-state index contributed by atoms with van der Waals surface area (Å²) in [5.41, 5.74) is 6.99. The van der Waals surface area contributed by atoms with E-state index in [9.17, 15) is 9.90 Å². The van der Waals surface area contributed by atoms with Gasteiger partial charge in [0.1, 0.15) is 5.75 Å². The van der Waals surface area contributed by atoms with Crippen molar-refractivity contribution in [2.45, 2.75) is 6.54 Å². The molecule has 0 atom stereocenters. The summed E-state index contributed by atoms with van der Waals surface area (Å²) < 4.78 is 0. The van der Waals surface area contributed by atoms with Gasteiger partial charge in [-0.2, -0.15) is 0 Å². The van der Waals surface area contributed by atoms with E-state index in [4.69, 9.17) is 5.73 Å². The number of hydrogen-bond donors (Lipinski definition) is 3. The number of aromatic hydroxyl groups is 1. The van der Waals surface area contributed by atoms with E-state index in [1.54, 1.807) is 24.5 Å². The highest BCUT2D eigenvalue weighted by atomic mass is 16.3. The molecule has 0 radical (unpaired) electrons. The van der Waals surface area contributed by atoms with Crippen molar-refractivity contribution in [3.8, 4) is 5.75 Å². The van der Waals surface area contributed by atoms with E-state index in [-0.39, 0.29) is 17.3 Å². The number of phenols is 1. The van der Waals surface area contributed by atoms with Gasteiger partial charge in [0.15, 0.2) is 0 Å². The molecular weight excluding hydrogens is 230 g/mol. The molecule has 1 aromatic heterocycles. The lowest BCUT2D eigenvalue weighted by molar-refractivity contribution is 0.0950. The molecule has 0 aliphatic carbocycles. The highest BCUT2D eigenvalue weighted by molar-refractivity contribution is 5.95. The minimum absolute atomic E-state index is 0.0935. The first kappa shape index (κ1) is 11.9. The molecule has 4 N–H and O–H groups in total. The number of rotatable bonds is 3. The highest BCUT2D eigenvalue weighted by Crippen LogP contribution is 2.20. The van der Waals surface area contributed by atoms with Crippen molar-refractivity contribution >= 4 is 11.6 Å². The first-order valence-corrected chi connectivity index (χ1v) is 5.42. The number of nitrogens with two attached hydrogens (primary N) is 1. The highest BCUT2D eigenvalue weighted by Gasteiger charge is 2.07. The zero-order chi connectivity index (χ0) is 13.0. The standard InChI is InChI=1S/C13H13N3O2/c14-11-4-3-10(6-12(11)17)13(18)16-8-9-2-1-5-15-7-9/h1-7,17H,8,14H2,(H,16,18). The van der Waals surface area contributed by atoms with Gasteiger partial charge in [-0.1, -0.05) is 6.07 Å². The molecule has 2 aromatic rings. The number of carbonyl (C=O) groups excluding carboxylic acids is 1. The predicted molar refractivity (Wildman–Crippen MR) is 67.9 cm³/mol. The SMILES string of the molecule is Nc1ccc(C(=O)NCc2cccnc2)cc1O. The minimum Gasteiger partial charge on any atom is -0.506 e. The summed E-state index contributed by atoms with van der Waals surface area (Å²) in [7, 11) is 0. The smallest absolute Gasteiger partial charge is 0.251 e. The monoisotopic (exact) mass is 243 g/mol. The maximum Gasteiger partial charge on any atom is 0.251 e.